The van der Waals surface area contributed by atoms with Gasteiger partial charge in [-0.3, -0.25) is 19.8 Å². The average Bonchev–Trinajstić information content (AvgIpc) is 3.63. The van der Waals surface area contributed by atoms with Crippen molar-refractivity contribution < 1.29 is 33.4 Å². The Kier molecular flexibility index (Phi) is 10.1. The van der Waals surface area contributed by atoms with Crippen LogP contribution in [0.15, 0.2) is 54.7 Å². The maximum Gasteiger partial charge on any atom is 0.422 e. The fraction of sp³-hybridized carbons (Fsp3) is 0.486. The number of carbonyl (C=O) groups is 4. The number of nitrogens with zero attached hydrogens (tertiary/aromatic N) is 2. The molecule has 250 valence electrons. The molecule has 0 unspecified atom stereocenters. The van der Waals surface area contributed by atoms with E-state index in [1.165, 1.54) is 19.3 Å². The van der Waals surface area contributed by atoms with E-state index < -0.39 is 29.8 Å². The molecule has 0 bridgehead atoms. The number of aromatic amines is 1. The number of hydrogen-bond donors (Lipinski definition) is 3. The Morgan fingerprint density at radius 3 is 2.38 bits per heavy atom. The molecule has 12 heteroatoms. The molecule has 3 aliphatic rings. The summed E-state index contributed by atoms with van der Waals surface area (Å²) in [5.41, 5.74) is 2.47. The SMILES string of the molecule is COc1ccccc1CCC(=O)NC1([C@@H](Cc2c[nH]c3ccccc23)NC(=O)CN2CCC(N3CCCCC3)CC2)OC(=O)C(=O)O1. The largest absolute Gasteiger partial charge is 0.496 e. The van der Waals surface area contributed by atoms with Gasteiger partial charge in [0.05, 0.1) is 13.7 Å². The molecule has 0 aliphatic carbocycles. The number of esters is 2. The Balaban J connectivity index is 1.19. The van der Waals surface area contributed by atoms with Gasteiger partial charge >= 0.3 is 17.8 Å². The molecular formula is C35H43N5O7. The topological polar surface area (TPSA) is 142 Å². The molecule has 3 saturated heterocycles. The van der Waals surface area contributed by atoms with Gasteiger partial charge in [0.25, 0.3) is 0 Å². The summed E-state index contributed by atoms with van der Waals surface area (Å²) in [4.78, 5) is 60.0. The number of para-hydroxylation sites is 2. The molecule has 12 nitrogen and oxygen atoms in total. The third kappa shape index (κ3) is 7.60. The molecule has 2 amide bonds. The number of piperidine rings is 2. The van der Waals surface area contributed by atoms with Gasteiger partial charge in [-0.15, -0.1) is 0 Å². The first-order valence-corrected chi connectivity index (χ1v) is 16.5. The van der Waals surface area contributed by atoms with Crippen LogP contribution in [0.2, 0.25) is 0 Å². The minimum absolute atomic E-state index is 0.0169. The van der Waals surface area contributed by atoms with Gasteiger partial charge in [-0.1, -0.05) is 42.8 Å². The van der Waals surface area contributed by atoms with Crippen molar-refractivity contribution in [2.24, 2.45) is 0 Å². The zero-order valence-corrected chi connectivity index (χ0v) is 26.8. The van der Waals surface area contributed by atoms with Crippen molar-refractivity contribution >= 4 is 34.7 Å². The van der Waals surface area contributed by atoms with Crippen LogP contribution in [0.3, 0.4) is 0 Å². The Bertz CT molecular complexity index is 1580. The molecule has 4 heterocycles. The number of methoxy groups -OCH3 is 1. The van der Waals surface area contributed by atoms with Crippen LogP contribution >= 0.6 is 0 Å². The van der Waals surface area contributed by atoms with Crippen molar-refractivity contribution in [1.82, 2.24) is 25.4 Å². The number of rotatable bonds is 12. The number of amides is 2. The number of fused-ring (bicyclic) bond motifs is 1. The van der Waals surface area contributed by atoms with Crippen LogP contribution in [0.5, 0.6) is 5.75 Å². The molecule has 1 aromatic heterocycles. The summed E-state index contributed by atoms with van der Waals surface area (Å²) in [6.45, 7) is 3.99. The monoisotopic (exact) mass is 645 g/mol. The fourth-order valence-corrected chi connectivity index (χ4v) is 7.04. The van der Waals surface area contributed by atoms with E-state index in [2.05, 4.69) is 25.4 Å². The Morgan fingerprint density at radius 2 is 1.64 bits per heavy atom. The first-order valence-electron chi connectivity index (χ1n) is 16.5. The molecule has 0 saturated carbocycles. The maximum absolute atomic E-state index is 13.6. The van der Waals surface area contributed by atoms with E-state index in [-0.39, 0.29) is 25.3 Å². The van der Waals surface area contributed by atoms with Gasteiger partial charge < -0.3 is 29.4 Å². The van der Waals surface area contributed by atoms with Crippen molar-refractivity contribution in [3.8, 4) is 5.75 Å². The molecule has 6 rings (SSSR count). The highest BCUT2D eigenvalue weighted by Crippen LogP contribution is 2.29. The summed E-state index contributed by atoms with van der Waals surface area (Å²) in [6.07, 6.45) is 7.97. The zero-order valence-electron chi connectivity index (χ0n) is 26.8. The minimum atomic E-state index is -2.23. The van der Waals surface area contributed by atoms with Crippen LogP contribution in [0.4, 0.5) is 0 Å². The van der Waals surface area contributed by atoms with Crippen LogP contribution in [0.1, 0.15) is 49.7 Å². The van der Waals surface area contributed by atoms with E-state index in [1.54, 1.807) is 19.4 Å². The third-order valence-corrected chi connectivity index (χ3v) is 9.51. The van der Waals surface area contributed by atoms with E-state index in [0.717, 1.165) is 61.1 Å². The quantitative estimate of drug-likeness (QED) is 0.200. The van der Waals surface area contributed by atoms with Gasteiger partial charge in [-0.25, -0.2) is 9.59 Å². The van der Waals surface area contributed by atoms with Gasteiger partial charge in [0, 0.05) is 49.1 Å². The predicted molar refractivity (Wildman–Crippen MR) is 173 cm³/mol. The second-order valence-corrected chi connectivity index (χ2v) is 12.6. The second kappa shape index (κ2) is 14.6. The van der Waals surface area contributed by atoms with Crippen LogP contribution in [0.25, 0.3) is 10.9 Å². The summed E-state index contributed by atoms with van der Waals surface area (Å²) < 4.78 is 16.4. The molecule has 1 atom stereocenters. The number of ether oxygens (including phenoxy) is 3. The number of aromatic nitrogens is 1. The summed E-state index contributed by atoms with van der Waals surface area (Å²) in [6, 6.07) is 14.4. The lowest BCUT2D eigenvalue weighted by Gasteiger charge is -2.40. The highest BCUT2D eigenvalue weighted by molar-refractivity contribution is 6.31. The summed E-state index contributed by atoms with van der Waals surface area (Å²) >= 11 is 0. The smallest absolute Gasteiger partial charge is 0.422 e. The van der Waals surface area contributed by atoms with Crippen LogP contribution < -0.4 is 15.4 Å². The van der Waals surface area contributed by atoms with Crippen molar-refractivity contribution in [3.63, 3.8) is 0 Å². The number of likely N-dealkylation sites (tertiary alicyclic amines) is 2. The summed E-state index contributed by atoms with van der Waals surface area (Å²) in [5, 5.41) is 6.52. The van der Waals surface area contributed by atoms with Crippen LogP contribution in [-0.4, -0.2) is 96.4 Å². The lowest BCUT2D eigenvalue weighted by atomic mass is 9.99. The lowest BCUT2D eigenvalue weighted by molar-refractivity contribution is -0.208. The number of H-pyrrole nitrogens is 1. The minimum Gasteiger partial charge on any atom is -0.496 e. The van der Waals surface area contributed by atoms with Crippen molar-refractivity contribution in [2.45, 2.75) is 69.4 Å². The Morgan fingerprint density at radius 1 is 0.936 bits per heavy atom. The second-order valence-electron chi connectivity index (χ2n) is 12.6. The van der Waals surface area contributed by atoms with Gasteiger partial charge in [-0.05, 0) is 68.5 Å². The zero-order chi connectivity index (χ0) is 32.8. The first kappa shape index (κ1) is 32.5. The molecule has 3 aromatic rings. The van der Waals surface area contributed by atoms with Gasteiger partial charge in [0.2, 0.25) is 11.8 Å². The summed E-state index contributed by atoms with van der Waals surface area (Å²) in [7, 11) is 1.56. The van der Waals surface area contributed by atoms with E-state index in [4.69, 9.17) is 14.2 Å². The molecule has 0 spiro atoms. The predicted octanol–water partition coefficient (Wildman–Crippen LogP) is 2.66. The average molecular weight is 646 g/mol. The Labute approximate surface area is 274 Å². The number of aryl methyl sites for hydroxylation is 1. The molecule has 0 radical (unpaired) electrons. The number of carbonyl (C=O) groups excluding carboxylic acids is 4. The first-order chi connectivity index (χ1) is 22.8. The number of cyclic esters (lactones) is 2. The van der Waals surface area contributed by atoms with Gasteiger partial charge in [-0.2, -0.15) is 0 Å². The molecular weight excluding hydrogens is 602 g/mol. The van der Waals surface area contributed by atoms with Crippen LogP contribution in [0, 0.1) is 0 Å². The van der Waals surface area contributed by atoms with E-state index >= 15 is 0 Å². The molecule has 3 fully saturated rings. The highest BCUT2D eigenvalue weighted by Gasteiger charge is 2.56. The molecule has 3 aliphatic heterocycles. The van der Waals surface area contributed by atoms with E-state index in [0.29, 0.717) is 18.2 Å². The Hall–Kier alpha value is -4.42. The third-order valence-electron chi connectivity index (χ3n) is 9.51. The highest BCUT2D eigenvalue weighted by atomic mass is 16.8. The number of nitrogens with one attached hydrogen (secondary N) is 3. The fourth-order valence-electron chi connectivity index (χ4n) is 7.04. The number of benzene rings is 2. The lowest BCUT2D eigenvalue weighted by Crippen LogP contribution is -2.65. The summed E-state index contributed by atoms with van der Waals surface area (Å²) in [5.74, 6) is -4.94. The standard InChI is InChI=1S/C35H43N5O7/c1-45-29-12-6-3-9-24(29)13-14-31(41)38-35(46-33(43)34(44)47-35)30(21-25-22-36-28-11-5-4-10-27(25)28)37-32(42)23-39-19-15-26(16-20-39)40-17-7-2-8-18-40/h3-6,9-12,22,26,30,36H,2,7-8,13-21,23H2,1H3,(H,37,42)(H,38,41)/t30-/m1/s1. The van der Waals surface area contributed by atoms with Crippen molar-refractivity contribution in [3.05, 3.63) is 65.9 Å². The molecule has 47 heavy (non-hydrogen) atoms. The van der Waals surface area contributed by atoms with Crippen molar-refractivity contribution in [2.75, 3.05) is 39.8 Å². The number of hydrogen-bond acceptors (Lipinski definition) is 9. The molecule has 2 aromatic carbocycles. The van der Waals surface area contributed by atoms with E-state index in [9.17, 15) is 19.2 Å². The van der Waals surface area contributed by atoms with E-state index in [1.807, 2.05) is 42.5 Å². The normalized spacial score (nSPS) is 19.6. The van der Waals surface area contributed by atoms with Crippen LogP contribution in [-0.2, 0) is 41.5 Å². The molecule has 3 N–H and O–H groups in total. The van der Waals surface area contributed by atoms with Crippen molar-refractivity contribution in [1.29, 1.82) is 0 Å². The van der Waals surface area contributed by atoms with Gasteiger partial charge in [0.15, 0.2) is 0 Å². The maximum atomic E-state index is 13.6. The van der Waals surface area contributed by atoms with Gasteiger partial charge in [0.1, 0.15) is 11.8 Å².